The zero-order valence-electron chi connectivity index (χ0n) is 9.11. The van der Waals surface area contributed by atoms with Crippen molar-refractivity contribution in [2.24, 2.45) is 0 Å². The summed E-state index contributed by atoms with van der Waals surface area (Å²) in [5.74, 6) is -0.803. The van der Waals surface area contributed by atoms with Crippen molar-refractivity contribution < 1.29 is 14.6 Å². The lowest BCUT2D eigenvalue weighted by Gasteiger charge is -2.11. The number of nitrogens with zero attached hydrogens (tertiary/aromatic N) is 2. The van der Waals surface area contributed by atoms with Crippen molar-refractivity contribution in [1.82, 2.24) is 9.88 Å². The van der Waals surface area contributed by atoms with Gasteiger partial charge in [-0.15, -0.1) is 0 Å². The van der Waals surface area contributed by atoms with Crippen molar-refractivity contribution in [3.05, 3.63) is 22.8 Å². The molecule has 0 spiro atoms. The third-order valence-corrected chi connectivity index (χ3v) is 2.10. The van der Waals surface area contributed by atoms with Gasteiger partial charge in [-0.3, -0.25) is 0 Å². The smallest absolute Gasteiger partial charge is 0.337 e. The zero-order chi connectivity index (χ0) is 12.1. The predicted molar refractivity (Wildman–Crippen MR) is 60.3 cm³/mol. The second-order valence-corrected chi connectivity index (χ2v) is 3.88. The number of carbonyl (C=O) groups is 1. The molecule has 0 saturated carbocycles. The van der Waals surface area contributed by atoms with E-state index >= 15 is 0 Å². The molecule has 0 atom stereocenters. The van der Waals surface area contributed by atoms with Gasteiger partial charge in [0, 0.05) is 12.7 Å². The molecule has 0 fully saturated rings. The molecule has 0 bridgehead atoms. The molecule has 5 nitrogen and oxygen atoms in total. The number of rotatable bonds is 5. The summed E-state index contributed by atoms with van der Waals surface area (Å²) in [4.78, 5) is 16.4. The summed E-state index contributed by atoms with van der Waals surface area (Å²) in [6, 6.07) is 1.32. The molecule has 6 heteroatoms. The van der Waals surface area contributed by atoms with E-state index in [1.807, 2.05) is 19.0 Å². The van der Waals surface area contributed by atoms with Gasteiger partial charge in [0.25, 0.3) is 0 Å². The van der Waals surface area contributed by atoms with Gasteiger partial charge in [-0.1, -0.05) is 11.6 Å². The highest BCUT2D eigenvalue weighted by molar-refractivity contribution is 6.32. The molecule has 0 aliphatic heterocycles. The van der Waals surface area contributed by atoms with Crippen LogP contribution in [0.4, 0.5) is 0 Å². The van der Waals surface area contributed by atoms with Gasteiger partial charge in [0.1, 0.15) is 11.6 Å². The third kappa shape index (κ3) is 3.67. The first-order valence-electron chi connectivity index (χ1n) is 4.67. The fourth-order valence-corrected chi connectivity index (χ4v) is 1.19. The van der Waals surface area contributed by atoms with E-state index in [9.17, 15) is 4.79 Å². The summed E-state index contributed by atoms with van der Waals surface area (Å²) < 4.78 is 5.30. The number of halogens is 1. The Bertz CT molecular complexity index is 382. The van der Waals surface area contributed by atoms with E-state index in [2.05, 4.69) is 4.98 Å². The number of carboxylic acids is 1. The molecule has 0 saturated heterocycles. The Labute approximate surface area is 98.6 Å². The summed E-state index contributed by atoms with van der Waals surface area (Å²) in [6.45, 7) is 1.19. The van der Waals surface area contributed by atoms with Crippen molar-refractivity contribution in [1.29, 1.82) is 0 Å². The SMILES string of the molecule is CN(C)CCOc1ncc(C(=O)O)cc1Cl. The largest absolute Gasteiger partial charge is 0.478 e. The lowest BCUT2D eigenvalue weighted by molar-refractivity contribution is 0.0696. The average Bonchev–Trinajstić information content (AvgIpc) is 2.19. The number of carboxylic acid groups (broad SMARTS) is 1. The van der Waals surface area contributed by atoms with Gasteiger partial charge in [-0.2, -0.15) is 0 Å². The minimum Gasteiger partial charge on any atom is -0.478 e. The Kier molecular flexibility index (Phi) is 4.52. The maximum Gasteiger partial charge on any atom is 0.337 e. The number of aromatic nitrogens is 1. The maximum absolute atomic E-state index is 10.6. The van der Waals surface area contributed by atoms with Crippen LogP contribution in [0.15, 0.2) is 12.3 Å². The fourth-order valence-electron chi connectivity index (χ4n) is 0.973. The molecule has 0 unspecified atom stereocenters. The molecule has 1 aromatic rings. The number of hydrogen-bond acceptors (Lipinski definition) is 4. The van der Waals surface area contributed by atoms with E-state index in [0.717, 1.165) is 6.54 Å². The van der Waals surface area contributed by atoms with Gasteiger partial charge in [-0.05, 0) is 20.2 Å². The fraction of sp³-hybridized carbons (Fsp3) is 0.400. The van der Waals surface area contributed by atoms with Crippen LogP contribution < -0.4 is 4.74 Å². The van der Waals surface area contributed by atoms with E-state index < -0.39 is 5.97 Å². The number of aromatic carboxylic acids is 1. The Morgan fingerprint density at radius 1 is 1.62 bits per heavy atom. The van der Waals surface area contributed by atoms with Crippen LogP contribution in [0.5, 0.6) is 5.88 Å². The van der Waals surface area contributed by atoms with Crippen molar-refractivity contribution in [2.75, 3.05) is 27.2 Å². The molecule has 0 amide bonds. The molecule has 0 aliphatic rings. The Morgan fingerprint density at radius 2 is 2.31 bits per heavy atom. The van der Waals surface area contributed by atoms with Gasteiger partial charge in [0.15, 0.2) is 0 Å². The van der Waals surface area contributed by atoms with Crippen LogP contribution >= 0.6 is 11.6 Å². The summed E-state index contributed by atoms with van der Waals surface area (Å²) in [6.07, 6.45) is 1.22. The van der Waals surface area contributed by atoms with Crippen molar-refractivity contribution in [3.63, 3.8) is 0 Å². The molecular formula is C10H13ClN2O3. The van der Waals surface area contributed by atoms with Crippen LogP contribution in [-0.4, -0.2) is 48.2 Å². The van der Waals surface area contributed by atoms with Gasteiger partial charge in [0.2, 0.25) is 5.88 Å². The molecule has 0 aromatic carbocycles. The quantitative estimate of drug-likeness (QED) is 0.848. The van der Waals surface area contributed by atoms with Crippen molar-refractivity contribution in [3.8, 4) is 5.88 Å². The molecule has 0 radical (unpaired) electrons. The van der Waals surface area contributed by atoms with Crippen molar-refractivity contribution in [2.45, 2.75) is 0 Å². The van der Waals surface area contributed by atoms with Crippen LogP contribution in [0.2, 0.25) is 5.02 Å². The maximum atomic E-state index is 10.6. The predicted octanol–water partition coefficient (Wildman–Crippen LogP) is 1.37. The minimum absolute atomic E-state index is 0.0463. The first kappa shape index (κ1) is 12.7. The Balaban J connectivity index is 2.64. The van der Waals surface area contributed by atoms with Crippen LogP contribution in [-0.2, 0) is 0 Å². The normalized spacial score (nSPS) is 10.5. The van der Waals surface area contributed by atoms with Crippen LogP contribution in [0.3, 0.4) is 0 Å². The van der Waals surface area contributed by atoms with E-state index in [1.165, 1.54) is 12.3 Å². The van der Waals surface area contributed by atoms with E-state index in [4.69, 9.17) is 21.4 Å². The van der Waals surface area contributed by atoms with Gasteiger partial charge >= 0.3 is 5.97 Å². The highest BCUT2D eigenvalue weighted by atomic mass is 35.5. The summed E-state index contributed by atoms with van der Waals surface area (Å²) in [5, 5.41) is 8.91. The number of ether oxygens (including phenoxy) is 1. The van der Waals surface area contributed by atoms with Crippen LogP contribution in [0.1, 0.15) is 10.4 Å². The lowest BCUT2D eigenvalue weighted by atomic mass is 10.3. The molecule has 0 aliphatic carbocycles. The monoisotopic (exact) mass is 244 g/mol. The number of pyridine rings is 1. The number of likely N-dealkylation sites (N-methyl/N-ethyl adjacent to an activating group) is 1. The Hall–Kier alpha value is -1.33. The number of hydrogen-bond donors (Lipinski definition) is 1. The van der Waals surface area contributed by atoms with Gasteiger partial charge in [0.05, 0.1) is 5.56 Å². The first-order chi connectivity index (χ1) is 7.50. The summed E-state index contributed by atoms with van der Waals surface area (Å²) in [5.41, 5.74) is 0.0463. The van der Waals surface area contributed by atoms with Gasteiger partial charge < -0.3 is 14.7 Å². The standard InChI is InChI=1S/C10H13ClN2O3/c1-13(2)3-4-16-9-8(11)5-7(6-12-9)10(14)15/h5-6H,3-4H2,1-2H3,(H,14,15). The topological polar surface area (TPSA) is 62.7 Å². The van der Waals surface area contributed by atoms with E-state index in [1.54, 1.807) is 0 Å². The zero-order valence-corrected chi connectivity index (χ0v) is 9.86. The molecule has 88 valence electrons. The van der Waals surface area contributed by atoms with Crippen LogP contribution in [0, 0.1) is 0 Å². The van der Waals surface area contributed by atoms with E-state index in [0.29, 0.717) is 6.61 Å². The van der Waals surface area contributed by atoms with Gasteiger partial charge in [-0.25, -0.2) is 9.78 Å². The minimum atomic E-state index is -1.06. The molecule has 1 N–H and O–H groups in total. The van der Waals surface area contributed by atoms with E-state index in [-0.39, 0.29) is 16.5 Å². The average molecular weight is 245 g/mol. The molecule has 1 heterocycles. The highest BCUT2D eigenvalue weighted by Gasteiger charge is 2.09. The lowest BCUT2D eigenvalue weighted by Crippen LogP contribution is -2.19. The summed E-state index contributed by atoms with van der Waals surface area (Å²) >= 11 is 5.82. The second-order valence-electron chi connectivity index (χ2n) is 3.47. The Morgan fingerprint density at radius 3 is 2.81 bits per heavy atom. The highest BCUT2D eigenvalue weighted by Crippen LogP contribution is 2.22. The molecule has 16 heavy (non-hydrogen) atoms. The molecule has 1 aromatic heterocycles. The summed E-state index contributed by atoms with van der Waals surface area (Å²) in [7, 11) is 3.85. The van der Waals surface area contributed by atoms with Crippen molar-refractivity contribution >= 4 is 17.6 Å². The third-order valence-electron chi connectivity index (χ3n) is 1.83. The molecular weight excluding hydrogens is 232 g/mol. The second kappa shape index (κ2) is 5.67. The van der Waals surface area contributed by atoms with Crippen LogP contribution in [0.25, 0.3) is 0 Å². The molecule has 1 rings (SSSR count). The first-order valence-corrected chi connectivity index (χ1v) is 5.05.